The van der Waals surface area contributed by atoms with Crippen molar-refractivity contribution in [3.8, 4) is 0 Å². The largest absolute Gasteiger partial charge is 1.00 e. The Morgan fingerprint density at radius 2 is 1.12 bits per heavy atom. The van der Waals surface area contributed by atoms with E-state index in [0.717, 1.165) is 12.8 Å². The molecule has 2 aromatic rings. The minimum absolute atomic E-state index is 0. The maximum absolute atomic E-state index is 2.64. The molecule has 0 radical (unpaired) electrons. The van der Waals surface area contributed by atoms with Crippen molar-refractivity contribution in [3.63, 3.8) is 0 Å². The fourth-order valence-corrected chi connectivity index (χ4v) is 12.4. The van der Waals surface area contributed by atoms with Crippen LogP contribution in [0.1, 0.15) is 69.4 Å². The van der Waals surface area contributed by atoms with E-state index in [1.54, 1.807) is 19.8 Å². The molecule has 0 aliphatic heterocycles. The molecule has 0 spiro atoms. The molecule has 2 unspecified atom stereocenters. The van der Waals surface area contributed by atoms with Gasteiger partial charge in [-0.15, -0.1) is 0 Å². The number of rotatable bonds is 5. The van der Waals surface area contributed by atoms with Crippen molar-refractivity contribution < 1.29 is 57.7 Å². The van der Waals surface area contributed by atoms with E-state index in [4.69, 9.17) is 0 Å². The second-order valence-corrected chi connectivity index (χ2v) is 15.2. The number of aryl methyl sites for hydroxylation is 4. The molecule has 0 heterocycles. The summed E-state index contributed by atoms with van der Waals surface area (Å²) in [7, 11) is -2.20. The van der Waals surface area contributed by atoms with E-state index in [-0.39, 0.29) is 42.3 Å². The third-order valence-electron chi connectivity index (χ3n) is 8.70. The molecule has 3 rings (SSSR count). The average molecular weight is 570 g/mol. The summed E-state index contributed by atoms with van der Waals surface area (Å²) in [5, 5.41) is 3.24. The first-order chi connectivity index (χ1) is 14.4. The summed E-state index contributed by atoms with van der Waals surface area (Å²) in [6.07, 6.45) is 2.19. The Kier molecular flexibility index (Phi) is 12.2. The van der Waals surface area contributed by atoms with Crippen LogP contribution >= 0.6 is 0 Å². The van der Waals surface area contributed by atoms with Crippen LogP contribution in [0.25, 0.3) is 0 Å². The van der Waals surface area contributed by atoms with E-state index >= 15 is 0 Å². The minimum atomic E-state index is -2.20. The Bertz CT molecular complexity index is 1050. The van der Waals surface area contributed by atoms with Gasteiger partial charge in [0, 0.05) is 0 Å². The molecule has 1 aliphatic carbocycles. The second kappa shape index (κ2) is 12.3. The van der Waals surface area contributed by atoms with Crippen molar-refractivity contribution in [2.24, 2.45) is 0 Å². The van der Waals surface area contributed by atoms with Crippen molar-refractivity contribution in [3.05, 3.63) is 78.7 Å². The first kappa shape index (κ1) is 33.7. The van der Waals surface area contributed by atoms with Gasteiger partial charge in [0.15, 0.2) is 0 Å². The topological polar surface area (TPSA) is 0 Å². The van der Waals surface area contributed by atoms with Gasteiger partial charge in [-0.3, -0.25) is 0 Å². The van der Waals surface area contributed by atoms with Crippen LogP contribution in [0.15, 0.2) is 50.9 Å². The molecule has 1 aliphatic rings. The predicted molar refractivity (Wildman–Crippen MR) is 136 cm³/mol. The van der Waals surface area contributed by atoms with Gasteiger partial charge in [-0.25, -0.2) is 0 Å². The molecule has 0 nitrogen and oxygen atoms in total. The van der Waals surface area contributed by atoms with Crippen molar-refractivity contribution in [2.75, 3.05) is 0 Å². The molecule has 0 saturated heterocycles. The Morgan fingerprint density at radius 1 is 0.706 bits per heavy atom. The minimum Gasteiger partial charge on any atom is -1.00 e. The van der Waals surface area contributed by atoms with Crippen LogP contribution in [0.3, 0.4) is 0 Å². The molecule has 184 valence electrons. The van der Waals surface area contributed by atoms with Crippen LogP contribution in [-0.2, 0) is 33.3 Å². The third kappa shape index (κ3) is 5.09. The van der Waals surface area contributed by atoms with Gasteiger partial charge in [0.1, 0.15) is 0 Å². The van der Waals surface area contributed by atoms with Crippen molar-refractivity contribution in [1.82, 2.24) is 0 Å². The van der Waals surface area contributed by atoms with Crippen LogP contribution in [0, 0.1) is 20.8 Å². The van der Waals surface area contributed by atoms with Crippen LogP contribution in [0.2, 0.25) is 11.6 Å². The monoisotopic (exact) mass is 568 g/mol. The van der Waals surface area contributed by atoms with Gasteiger partial charge in [0.2, 0.25) is 0 Å². The number of hydrogen-bond donors (Lipinski definition) is 0. The van der Waals surface area contributed by atoms with Crippen LogP contribution in [-0.4, -0.2) is 8.07 Å². The fraction of sp³-hybridized carbons (Fsp3) is 0.448. The van der Waals surface area contributed by atoms with Gasteiger partial charge in [-0.05, 0) is 0 Å². The molecule has 0 fully saturated rings. The smallest absolute Gasteiger partial charge is 1.00 e. The molecular formula is C29H39Cl3SiTi. The molecule has 0 saturated carbocycles. The zero-order valence-corrected chi connectivity index (χ0v) is 27.3. The Balaban J connectivity index is 0.00000363. The SMILES string of the molecule is CCc1cc(CC)cc([Si](C)(c2cc(C)c(C)c(C)c2)C2(C)C(C)=C(C)C(C)=[C]2[Ti+3])c1.[Cl-].[Cl-].[Cl-]. The standard InChI is InChI=1S/C29H39Si.3ClH.Ti/c1-11-25-15-26(12-2)17-28(16-25)30(10,27-13-19(3)22(6)20(4)14-27)29(9)18-21(5)23(7)24(29)8;;;;/h13-17H,11-12H2,1-10H3;3*1H;/q;;;;+3/p-3. The van der Waals surface area contributed by atoms with Gasteiger partial charge in [0.05, 0.1) is 0 Å². The summed E-state index contributed by atoms with van der Waals surface area (Å²) < 4.78 is 1.58. The van der Waals surface area contributed by atoms with Crippen LogP contribution in [0.5, 0.6) is 0 Å². The number of hydrogen-bond acceptors (Lipinski definition) is 0. The summed E-state index contributed by atoms with van der Waals surface area (Å²) in [6.45, 7) is 23.7. The summed E-state index contributed by atoms with van der Waals surface area (Å²) in [4.78, 5) is 0. The first-order valence-corrected chi connectivity index (χ1v) is 15.0. The Hall–Kier alpha value is -0.279. The maximum Gasteiger partial charge on any atom is -1.00 e. The molecule has 0 amide bonds. The second-order valence-electron chi connectivity index (χ2n) is 9.98. The zero-order valence-electron chi connectivity index (χ0n) is 22.4. The van der Waals surface area contributed by atoms with E-state index in [1.165, 1.54) is 39.0 Å². The van der Waals surface area contributed by atoms with E-state index in [9.17, 15) is 0 Å². The van der Waals surface area contributed by atoms with E-state index < -0.39 is 8.07 Å². The summed E-state index contributed by atoms with van der Waals surface area (Å²) in [6, 6.07) is 12.6. The molecule has 0 N–H and O–H groups in total. The van der Waals surface area contributed by atoms with Crippen molar-refractivity contribution in [2.45, 2.75) is 86.7 Å². The molecule has 0 bridgehead atoms. The number of halogens is 3. The fourth-order valence-electron chi connectivity index (χ4n) is 5.56. The van der Waals surface area contributed by atoms with Gasteiger partial charge < -0.3 is 37.2 Å². The van der Waals surface area contributed by atoms with Gasteiger partial charge in [-0.2, -0.15) is 0 Å². The van der Waals surface area contributed by atoms with Crippen molar-refractivity contribution in [1.29, 1.82) is 0 Å². The molecule has 5 heteroatoms. The Morgan fingerprint density at radius 3 is 1.47 bits per heavy atom. The van der Waals surface area contributed by atoms with Crippen molar-refractivity contribution >= 4 is 18.4 Å². The molecule has 34 heavy (non-hydrogen) atoms. The molecule has 0 aromatic heterocycles. The summed E-state index contributed by atoms with van der Waals surface area (Å²) in [5.41, 5.74) is 11.8. The first-order valence-electron chi connectivity index (χ1n) is 11.8. The van der Waals surface area contributed by atoms with E-state index in [1.807, 2.05) is 0 Å². The van der Waals surface area contributed by atoms with Crippen LogP contribution in [0.4, 0.5) is 0 Å². The zero-order chi connectivity index (χ0) is 23.3. The van der Waals surface area contributed by atoms with Crippen LogP contribution < -0.4 is 47.6 Å². The van der Waals surface area contributed by atoms with E-state index in [0.29, 0.717) is 0 Å². The van der Waals surface area contributed by atoms with Gasteiger partial charge in [-0.1, -0.05) is 0 Å². The number of benzene rings is 2. The summed E-state index contributed by atoms with van der Waals surface area (Å²) in [5.74, 6) is 0. The summed E-state index contributed by atoms with van der Waals surface area (Å²) >= 11 is 2.40. The maximum atomic E-state index is 2.64. The average Bonchev–Trinajstić information content (AvgIpc) is 2.92. The molecule has 2 atom stereocenters. The predicted octanol–water partition coefficient (Wildman–Crippen LogP) is -2.13. The number of allylic oxidation sites excluding steroid dienone is 4. The third-order valence-corrected chi connectivity index (χ3v) is 16.0. The Labute approximate surface area is 240 Å². The van der Waals surface area contributed by atoms with Gasteiger partial charge in [0.25, 0.3) is 0 Å². The normalized spacial score (nSPS) is 19.3. The quantitative estimate of drug-likeness (QED) is 0.361. The molecule has 2 aromatic carbocycles. The van der Waals surface area contributed by atoms with Gasteiger partial charge >= 0.3 is 204 Å². The van der Waals surface area contributed by atoms with E-state index in [2.05, 4.69) is 120 Å². The molecular weight excluding hydrogens is 531 g/mol.